The monoisotopic (exact) mass is 445 g/mol. The van der Waals surface area contributed by atoms with Crippen molar-refractivity contribution in [3.05, 3.63) is 77.5 Å². The van der Waals surface area contributed by atoms with Crippen LogP contribution in [0, 0.1) is 25.2 Å². The summed E-state index contributed by atoms with van der Waals surface area (Å²) in [5.74, 6) is 1.22. The standard InChI is InChI=1S/C24H23N5O2S/c1-16-17(2)29(14-19-10-7-11-31-19)23(20(16)12-25)27-22(30)15-32-24-26-13-21(28(24)3)18-8-5-4-6-9-18/h4-11,13H,14-15H2,1-3H3,(H,27,30). The summed E-state index contributed by atoms with van der Waals surface area (Å²) in [7, 11) is 1.94. The van der Waals surface area contributed by atoms with Crippen LogP contribution in [0.1, 0.15) is 22.6 Å². The number of aromatic nitrogens is 3. The Morgan fingerprint density at radius 2 is 2.00 bits per heavy atom. The first-order chi connectivity index (χ1) is 15.5. The first-order valence-electron chi connectivity index (χ1n) is 10.1. The number of thioether (sulfide) groups is 1. The molecule has 0 spiro atoms. The van der Waals surface area contributed by atoms with Crippen LogP contribution in [0.2, 0.25) is 0 Å². The molecule has 0 saturated carbocycles. The third kappa shape index (κ3) is 4.20. The van der Waals surface area contributed by atoms with E-state index in [4.69, 9.17) is 4.42 Å². The van der Waals surface area contributed by atoms with Crippen molar-refractivity contribution in [1.82, 2.24) is 14.1 Å². The average molecular weight is 446 g/mol. The molecule has 0 saturated heterocycles. The highest BCUT2D eigenvalue weighted by atomic mass is 32.2. The molecule has 162 valence electrons. The van der Waals surface area contributed by atoms with Gasteiger partial charge in [-0.15, -0.1) is 0 Å². The summed E-state index contributed by atoms with van der Waals surface area (Å²) in [6, 6.07) is 15.9. The van der Waals surface area contributed by atoms with E-state index in [1.165, 1.54) is 11.8 Å². The average Bonchev–Trinajstić information content (AvgIpc) is 3.50. The molecule has 1 amide bonds. The lowest BCUT2D eigenvalue weighted by molar-refractivity contribution is -0.113. The van der Waals surface area contributed by atoms with Crippen molar-refractivity contribution in [2.45, 2.75) is 25.5 Å². The second kappa shape index (κ2) is 9.20. The van der Waals surface area contributed by atoms with Gasteiger partial charge >= 0.3 is 0 Å². The number of hydrogen-bond donors (Lipinski definition) is 1. The Kier molecular flexibility index (Phi) is 6.19. The number of rotatable bonds is 7. The molecule has 0 bridgehead atoms. The van der Waals surface area contributed by atoms with Gasteiger partial charge in [-0.25, -0.2) is 4.98 Å². The molecule has 8 heteroatoms. The van der Waals surface area contributed by atoms with E-state index in [0.717, 1.165) is 33.4 Å². The number of nitrogens with zero attached hydrogens (tertiary/aromatic N) is 4. The lowest BCUT2D eigenvalue weighted by Crippen LogP contribution is -2.18. The summed E-state index contributed by atoms with van der Waals surface area (Å²) < 4.78 is 9.34. The highest BCUT2D eigenvalue weighted by molar-refractivity contribution is 7.99. The maximum atomic E-state index is 12.8. The summed E-state index contributed by atoms with van der Waals surface area (Å²) in [6.45, 7) is 4.25. The van der Waals surface area contributed by atoms with Crippen molar-refractivity contribution in [3.63, 3.8) is 0 Å². The number of benzene rings is 1. The van der Waals surface area contributed by atoms with Gasteiger partial charge in [-0.2, -0.15) is 5.26 Å². The van der Waals surface area contributed by atoms with Gasteiger partial charge in [0.15, 0.2) is 5.16 Å². The first kappa shape index (κ1) is 21.5. The fraction of sp³-hybridized carbons (Fsp3) is 0.208. The molecule has 3 aromatic heterocycles. The minimum atomic E-state index is -0.200. The zero-order chi connectivity index (χ0) is 22.7. The van der Waals surface area contributed by atoms with Crippen LogP contribution in [0.5, 0.6) is 0 Å². The first-order valence-corrected chi connectivity index (χ1v) is 11.1. The fourth-order valence-corrected chi connectivity index (χ4v) is 4.34. The molecule has 4 rings (SSSR count). The molecule has 0 atom stereocenters. The van der Waals surface area contributed by atoms with Gasteiger partial charge in [-0.1, -0.05) is 42.1 Å². The predicted molar refractivity (Wildman–Crippen MR) is 124 cm³/mol. The molecular weight excluding hydrogens is 422 g/mol. The fourth-order valence-electron chi connectivity index (χ4n) is 3.59. The van der Waals surface area contributed by atoms with Crippen LogP contribution in [0.3, 0.4) is 0 Å². The lowest BCUT2D eigenvalue weighted by atomic mass is 10.2. The zero-order valence-electron chi connectivity index (χ0n) is 18.1. The molecule has 32 heavy (non-hydrogen) atoms. The number of nitriles is 1. The Balaban J connectivity index is 1.50. The summed E-state index contributed by atoms with van der Waals surface area (Å²) in [5, 5.41) is 13.4. The second-order valence-corrected chi connectivity index (χ2v) is 8.34. The number of amides is 1. The smallest absolute Gasteiger partial charge is 0.235 e. The lowest BCUT2D eigenvalue weighted by Gasteiger charge is -2.12. The van der Waals surface area contributed by atoms with Gasteiger partial charge in [0.05, 0.1) is 36.0 Å². The molecule has 4 aromatic rings. The largest absolute Gasteiger partial charge is 0.467 e. The molecule has 0 aliphatic rings. The minimum Gasteiger partial charge on any atom is -0.467 e. The molecule has 0 radical (unpaired) electrons. The van der Waals surface area contributed by atoms with Gasteiger partial charge in [0.25, 0.3) is 0 Å². The third-order valence-electron chi connectivity index (χ3n) is 5.44. The van der Waals surface area contributed by atoms with E-state index >= 15 is 0 Å². The molecule has 0 aliphatic carbocycles. The minimum absolute atomic E-state index is 0.175. The second-order valence-electron chi connectivity index (χ2n) is 7.40. The number of carbonyl (C=O) groups excluding carboxylic acids is 1. The van der Waals surface area contributed by atoms with Gasteiger partial charge in [-0.3, -0.25) is 4.79 Å². The predicted octanol–water partition coefficient (Wildman–Crippen LogP) is 4.75. The number of hydrogen-bond acceptors (Lipinski definition) is 5. The van der Waals surface area contributed by atoms with Crippen molar-refractivity contribution in [1.29, 1.82) is 5.26 Å². The van der Waals surface area contributed by atoms with E-state index in [-0.39, 0.29) is 11.7 Å². The molecule has 1 aromatic carbocycles. The number of nitrogens with one attached hydrogen (secondary N) is 1. The maximum Gasteiger partial charge on any atom is 0.235 e. The summed E-state index contributed by atoms with van der Waals surface area (Å²) in [6.07, 6.45) is 3.42. The van der Waals surface area contributed by atoms with Crippen LogP contribution in [-0.2, 0) is 18.4 Å². The van der Waals surface area contributed by atoms with E-state index in [9.17, 15) is 10.1 Å². The quantitative estimate of drug-likeness (QED) is 0.415. The Labute approximate surface area is 190 Å². The van der Waals surface area contributed by atoms with Gasteiger partial charge in [-0.05, 0) is 37.1 Å². The number of carbonyl (C=O) groups is 1. The molecule has 1 N–H and O–H groups in total. The molecule has 7 nitrogen and oxygen atoms in total. The summed E-state index contributed by atoms with van der Waals surface area (Å²) >= 11 is 1.35. The Morgan fingerprint density at radius 3 is 2.69 bits per heavy atom. The van der Waals surface area contributed by atoms with Gasteiger partial charge in [0, 0.05) is 12.7 Å². The van der Waals surface area contributed by atoms with Crippen LogP contribution in [0.25, 0.3) is 11.3 Å². The summed E-state index contributed by atoms with van der Waals surface area (Å²) in [5.41, 5.74) is 4.28. The van der Waals surface area contributed by atoms with Gasteiger partial charge < -0.3 is 18.9 Å². The van der Waals surface area contributed by atoms with Crippen molar-refractivity contribution in [2.24, 2.45) is 7.05 Å². The Bertz CT molecular complexity index is 1280. The van der Waals surface area contributed by atoms with Gasteiger partial charge in [0.2, 0.25) is 5.91 Å². The SMILES string of the molecule is Cc1c(C#N)c(NC(=O)CSc2ncc(-c3ccccc3)n2C)n(Cc2ccco2)c1C. The molecule has 0 fully saturated rings. The van der Waals surface area contributed by atoms with Crippen molar-refractivity contribution in [3.8, 4) is 17.3 Å². The van der Waals surface area contributed by atoms with Crippen molar-refractivity contribution in [2.75, 3.05) is 11.1 Å². The van der Waals surface area contributed by atoms with E-state index in [0.29, 0.717) is 17.9 Å². The molecule has 0 aliphatic heterocycles. The topological polar surface area (TPSA) is 88.8 Å². The van der Waals surface area contributed by atoms with E-state index in [1.54, 1.807) is 6.26 Å². The number of anilines is 1. The van der Waals surface area contributed by atoms with Crippen molar-refractivity contribution < 1.29 is 9.21 Å². The maximum absolute atomic E-state index is 12.8. The van der Waals surface area contributed by atoms with E-state index in [2.05, 4.69) is 16.4 Å². The Morgan fingerprint density at radius 1 is 1.22 bits per heavy atom. The number of furan rings is 1. The normalized spacial score (nSPS) is 10.8. The molecule has 0 unspecified atom stereocenters. The van der Waals surface area contributed by atoms with Crippen LogP contribution < -0.4 is 5.32 Å². The Hall–Kier alpha value is -3.70. The zero-order valence-corrected chi connectivity index (χ0v) is 18.9. The highest BCUT2D eigenvalue weighted by Gasteiger charge is 2.21. The highest BCUT2D eigenvalue weighted by Crippen LogP contribution is 2.28. The third-order valence-corrected chi connectivity index (χ3v) is 6.48. The molecular formula is C24H23N5O2S. The van der Waals surface area contributed by atoms with Crippen LogP contribution >= 0.6 is 11.8 Å². The summed E-state index contributed by atoms with van der Waals surface area (Å²) in [4.78, 5) is 17.3. The van der Waals surface area contributed by atoms with Crippen LogP contribution in [0.15, 0.2) is 64.5 Å². The van der Waals surface area contributed by atoms with Crippen LogP contribution in [0.4, 0.5) is 5.82 Å². The van der Waals surface area contributed by atoms with Crippen LogP contribution in [-0.4, -0.2) is 25.8 Å². The molecule has 3 heterocycles. The van der Waals surface area contributed by atoms with E-state index < -0.39 is 0 Å². The van der Waals surface area contributed by atoms with E-state index in [1.807, 2.05) is 78.7 Å². The van der Waals surface area contributed by atoms with Gasteiger partial charge in [0.1, 0.15) is 17.6 Å². The number of imidazole rings is 1. The van der Waals surface area contributed by atoms with Crippen molar-refractivity contribution >= 4 is 23.5 Å².